The molecule has 0 aliphatic carbocycles. The summed E-state index contributed by atoms with van der Waals surface area (Å²) in [6, 6.07) is 8.69. The van der Waals surface area contributed by atoms with Gasteiger partial charge in [0.25, 0.3) is 0 Å². The van der Waals surface area contributed by atoms with Crippen molar-refractivity contribution in [2.75, 3.05) is 5.73 Å². The van der Waals surface area contributed by atoms with E-state index >= 15 is 0 Å². The van der Waals surface area contributed by atoms with Crippen molar-refractivity contribution in [2.45, 2.75) is 13.1 Å². The van der Waals surface area contributed by atoms with Gasteiger partial charge in [0.15, 0.2) is 12.0 Å². The quantitative estimate of drug-likeness (QED) is 0.415. The molecule has 2 heterocycles. The van der Waals surface area contributed by atoms with Crippen molar-refractivity contribution in [1.29, 1.82) is 0 Å². The van der Waals surface area contributed by atoms with E-state index in [0.717, 1.165) is 12.5 Å². The van der Waals surface area contributed by atoms with Crippen LogP contribution in [0.4, 0.5) is 19.1 Å². The highest BCUT2D eigenvalue weighted by Gasteiger charge is 2.36. The van der Waals surface area contributed by atoms with E-state index in [4.69, 9.17) is 14.9 Å². The summed E-state index contributed by atoms with van der Waals surface area (Å²) in [5.74, 6) is 0.685. The lowest BCUT2D eigenvalue weighted by Gasteiger charge is -2.14. The molecule has 2 N–H and O–H groups in total. The van der Waals surface area contributed by atoms with Crippen LogP contribution in [-0.4, -0.2) is 15.0 Å². The number of halogens is 4. The first-order valence-corrected chi connectivity index (χ1v) is 9.04. The molecule has 0 fully saturated rings. The Balaban J connectivity index is 1.77. The summed E-state index contributed by atoms with van der Waals surface area (Å²) in [5.41, 5.74) is 5.99. The molecule has 0 atom stereocenters. The van der Waals surface area contributed by atoms with Crippen molar-refractivity contribution >= 4 is 33.0 Å². The topological polar surface area (TPSA) is 87.1 Å². The zero-order chi connectivity index (χ0) is 20.8. The normalized spacial score (nSPS) is 11.8. The molecule has 2 aromatic carbocycles. The Kier molecular flexibility index (Phi) is 4.65. The Hall–Kier alpha value is -3.14. The van der Waals surface area contributed by atoms with E-state index in [0.29, 0.717) is 17.0 Å². The zero-order valence-electron chi connectivity index (χ0n) is 14.8. The molecule has 29 heavy (non-hydrogen) atoms. The fourth-order valence-electron chi connectivity index (χ4n) is 2.93. The molecule has 10 heteroatoms. The second kappa shape index (κ2) is 7.03. The molecule has 2 aromatic heterocycles. The summed E-state index contributed by atoms with van der Waals surface area (Å²) in [6.07, 6.45) is -3.46. The summed E-state index contributed by atoms with van der Waals surface area (Å²) in [5, 5.41) is 0. The summed E-state index contributed by atoms with van der Waals surface area (Å²) in [6.45, 7) is 1.74. The number of nitrogens with two attached hydrogens (primary N) is 1. The average Bonchev–Trinajstić information content (AvgIpc) is 3.11. The van der Waals surface area contributed by atoms with E-state index in [-0.39, 0.29) is 33.0 Å². The Morgan fingerprint density at radius 2 is 1.83 bits per heavy atom. The van der Waals surface area contributed by atoms with Crippen LogP contribution < -0.4 is 10.5 Å². The average molecular weight is 465 g/mol. The van der Waals surface area contributed by atoms with Gasteiger partial charge >= 0.3 is 6.18 Å². The van der Waals surface area contributed by atoms with Crippen LogP contribution in [0.15, 0.2) is 51.7 Å². The van der Waals surface area contributed by atoms with Gasteiger partial charge in [-0.25, -0.2) is 9.97 Å². The van der Waals surface area contributed by atoms with Crippen LogP contribution in [-0.2, 0) is 6.18 Å². The molecule has 4 rings (SSSR count). The third-order valence-corrected chi connectivity index (χ3v) is 4.67. The third-order valence-electron chi connectivity index (χ3n) is 4.08. The van der Waals surface area contributed by atoms with Crippen LogP contribution in [0.5, 0.6) is 11.6 Å². The second-order valence-electron chi connectivity index (χ2n) is 6.14. The van der Waals surface area contributed by atoms with Crippen molar-refractivity contribution in [2.24, 2.45) is 0 Å². The standard InChI is InChI=1S/C19H12BrF3N4O2/c1-9-6-14(27-18(24)26-9)29-11-4-2-10(3-5-11)15-12(19(21,22)23)7-13(20)17-16(15)25-8-28-17/h2-8H,1H3,(H2,24,26,27). The van der Waals surface area contributed by atoms with Gasteiger partial charge in [0.2, 0.25) is 11.8 Å². The molecule has 0 amide bonds. The monoisotopic (exact) mass is 464 g/mol. The molecule has 0 saturated carbocycles. The van der Waals surface area contributed by atoms with Crippen molar-refractivity contribution in [1.82, 2.24) is 15.0 Å². The Labute approximate surface area is 170 Å². The minimum absolute atomic E-state index is 0.0646. The molecular weight excluding hydrogens is 453 g/mol. The maximum absolute atomic E-state index is 13.7. The summed E-state index contributed by atoms with van der Waals surface area (Å²) < 4.78 is 52.0. The maximum Gasteiger partial charge on any atom is 0.417 e. The fraction of sp³-hybridized carbons (Fsp3) is 0.105. The minimum atomic E-state index is -4.57. The Morgan fingerprint density at radius 3 is 2.48 bits per heavy atom. The van der Waals surface area contributed by atoms with Crippen molar-refractivity contribution in [3.8, 4) is 22.8 Å². The SMILES string of the molecule is Cc1cc(Oc2ccc(-c3c(C(F)(F)F)cc(Br)c4ocnc34)cc2)nc(N)n1. The van der Waals surface area contributed by atoms with Crippen molar-refractivity contribution in [3.63, 3.8) is 0 Å². The summed E-state index contributed by atoms with van der Waals surface area (Å²) in [4.78, 5) is 11.9. The molecule has 0 bridgehead atoms. The Morgan fingerprint density at radius 1 is 1.10 bits per heavy atom. The first kappa shape index (κ1) is 19.2. The van der Waals surface area contributed by atoms with Crippen molar-refractivity contribution < 1.29 is 22.3 Å². The summed E-state index contributed by atoms with van der Waals surface area (Å²) >= 11 is 3.11. The number of rotatable bonds is 3. The van der Waals surface area contributed by atoms with Gasteiger partial charge in [-0.05, 0) is 46.6 Å². The highest BCUT2D eigenvalue weighted by Crippen LogP contribution is 2.43. The lowest BCUT2D eigenvalue weighted by molar-refractivity contribution is -0.137. The molecule has 148 valence electrons. The smallest absolute Gasteiger partial charge is 0.417 e. The molecule has 0 aliphatic rings. The van der Waals surface area contributed by atoms with E-state index in [2.05, 4.69) is 30.9 Å². The molecule has 6 nitrogen and oxygen atoms in total. The van der Waals surface area contributed by atoms with Crippen LogP contribution in [0.2, 0.25) is 0 Å². The number of hydrogen-bond donors (Lipinski definition) is 1. The fourth-order valence-corrected chi connectivity index (χ4v) is 3.44. The third kappa shape index (κ3) is 3.75. The number of alkyl halides is 3. The number of nitrogen functional groups attached to an aromatic ring is 1. The molecule has 0 radical (unpaired) electrons. The number of oxazole rings is 1. The molecule has 0 unspecified atom stereocenters. The van der Waals surface area contributed by atoms with Crippen molar-refractivity contribution in [3.05, 3.63) is 58.5 Å². The molecule has 4 aromatic rings. The van der Waals surface area contributed by atoms with E-state index < -0.39 is 11.7 Å². The first-order chi connectivity index (χ1) is 13.7. The van der Waals surface area contributed by atoms with Gasteiger partial charge in [0, 0.05) is 17.3 Å². The van der Waals surface area contributed by atoms with Gasteiger partial charge in [-0.3, -0.25) is 0 Å². The van der Waals surface area contributed by atoms with Gasteiger partial charge in [0.1, 0.15) is 11.3 Å². The number of nitrogens with zero attached hydrogens (tertiary/aromatic N) is 3. The van der Waals surface area contributed by atoms with Crippen LogP contribution >= 0.6 is 15.9 Å². The van der Waals surface area contributed by atoms with Crippen LogP contribution in [0.1, 0.15) is 11.3 Å². The molecular formula is C19H12BrF3N4O2. The number of ether oxygens (including phenoxy) is 1. The van der Waals surface area contributed by atoms with Gasteiger partial charge in [-0.15, -0.1) is 0 Å². The van der Waals surface area contributed by atoms with Gasteiger partial charge in [0.05, 0.1) is 10.0 Å². The number of aromatic nitrogens is 3. The lowest BCUT2D eigenvalue weighted by Crippen LogP contribution is -2.08. The van der Waals surface area contributed by atoms with Crippen LogP contribution in [0.25, 0.3) is 22.2 Å². The van der Waals surface area contributed by atoms with Gasteiger partial charge in [-0.1, -0.05) is 12.1 Å². The number of fused-ring (bicyclic) bond motifs is 1. The van der Waals surface area contributed by atoms with E-state index in [9.17, 15) is 13.2 Å². The van der Waals surface area contributed by atoms with Gasteiger partial charge in [-0.2, -0.15) is 18.2 Å². The maximum atomic E-state index is 13.7. The van der Waals surface area contributed by atoms with Crippen LogP contribution in [0.3, 0.4) is 0 Å². The molecule has 0 spiro atoms. The lowest BCUT2D eigenvalue weighted by atomic mass is 9.97. The number of anilines is 1. The second-order valence-corrected chi connectivity index (χ2v) is 7.00. The van der Waals surface area contributed by atoms with E-state index in [1.165, 1.54) is 24.3 Å². The van der Waals surface area contributed by atoms with Gasteiger partial charge < -0.3 is 14.9 Å². The largest absolute Gasteiger partial charge is 0.442 e. The predicted octanol–water partition coefficient (Wildman–Crippen LogP) is 5.75. The highest BCUT2D eigenvalue weighted by atomic mass is 79.9. The number of benzene rings is 2. The number of aryl methyl sites for hydroxylation is 1. The van der Waals surface area contributed by atoms with Crippen LogP contribution in [0, 0.1) is 6.92 Å². The summed E-state index contributed by atoms with van der Waals surface area (Å²) in [7, 11) is 0. The zero-order valence-corrected chi connectivity index (χ0v) is 16.4. The Bertz CT molecular complexity index is 1190. The molecule has 0 aliphatic heterocycles. The molecule has 0 saturated heterocycles. The predicted molar refractivity (Wildman–Crippen MR) is 103 cm³/mol. The number of hydrogen-bond acceptors (Lipinski definition) is 6. The minimum Gasteiger partial charge on any atom is -0.442 e. The van der Waals surface area contributed by atoms with E-state index in [1.807, 2.05) is 0 Å². The van der Waals surface area contributed by atoms with E-state index in [1.54, 1.807) is 13.0 Å². The first-order valence-electron chi connectivity index (χ1n) is 8.24. The highest BCUT2D eigenvalue weighted by molar-refractivity contribution is 9.10.